The summed E-state index contributed by atoms with van der Waals surface area (Å²) in [6.45, 7) is 1.12. The van der Waals surface area contributed by atoms with E-state index in [4.69, 9.17) is 21.1 Å². The fourth-order valence-corrected chi connectivity index (χ4v) is 3.80. The van der Waals surface area contributed by atoms with E-state index in [1.807, 2.05) is 4.90 Å². The highest BCUT2D eigenvalue weighted by atomic mass is 35.5. The van der Waals surface area contributed by atoms with E-state index in [0.29, 0.717) is 29.5 Å². The molecule has 0 radical (unpaired) electrons. The number of pyridine rings is 1. The molecule has 1 amide bonds. The molecule has 0 N–H and O–H groups in total. The van der Waals surface area contributed by atoms with Crippen LogP contribution >= 0.6 is 11.6 Å². The van der Waals surface area contributed by atoms with Crippen LogP contribution in [0.3, 0.4) is 0 Å². The van der Waals surface area contributed by atoms with E-state index in [1.165, 1.54) is 0 Å². The second-order valence-corrected chi connectivity index (χ2v) is 6.43. The molecule has 0 spiro atoms. The van der Waals surface area contributed by atoms with Gasteiger partial charge < -0.3 is 18.8 Å². The van der Waals surface area contributed by atoms with Gasteiger partial charge in [0, 0.05) is 26.0 Å². The summed E-state index contributed by atoms with van der Waals surface area (Å²) in [5, 5.41) is 0.610. The van der Waals surface area contributed by atoms with E-state index in [1.54, 1.807) is 36.0 Å². The Balaban J connectivity index is 1.62. The maximum absolute atomic E-state index is 12.9. The van der Waals surface area contributed by atoms with Crippen molar-refractivity contribution in [2.24, 2.45) is 0 Å². The number of hydrogen-bond acceptors (Lipinski definition) is 4. The molecular formula is C16H18ClN3O3. The van der Waals surface area contributed by atoms with Crippen LogP contribution in [0.25, 0.3) is 5.65 Å². The molecule has 3 heterocycles. The third-order valence-corrected chi connectivity index (χ3v) is 4.96. The lowest BCUT2D eigenvalue weighted by atomic mass is 10.1. The van der Waals surface area contributed by atoms with Crippen molar-refractivity contribution in [1.29, 1.82) is 0 Å². The molecule has 0 bridgehead atoms. The van der Waals surface area contributed by atoms with Crippen molar-refractivity contribution in [3.8, 4) is 0 Å². The summed E-state index contributed by atoms with van der Waals surface area (Å²) < 4.78 is 13.1. The number of aromatic nitrogens is 2. The molecule has 23 heavy (non-hydrogen) atoms. The predicted molar refractivity (Wildman–Crippen MR) is 84.8 cm³/mol. The number of methoxy groups -OCH3 is 1. The first kappa shape index (κ1) is 14.9. The van der Waals surface area contributed by atoms with Crippen LogP contribution in [-0.2, 0) is 9.47 Å². The van der Waals surface area contributed by atoms with Crippen LogP contribution in [0.1, 0.15) is 23.3 Å². The van der Waals surface area contributed by atoms with Crippen LogP contribution in [0.5, 0.6) is 0 Å². The highest BCUT2D eigenvalue weighted by Gasteiger charge is 2.45. The number of morpholine rings is 1. The van der Waals surface area contributed by atoms with E-state index in [0.717, 1.165) is 12.8 Å². The second-order valence-electron chi connectivity index (χ2n) is 5.99. The molecule has 2 fully saturated rings. The molecule has 3 atom stereocenters. The van der Waals surface area contributed by atoms with Gasteiger partial charge in [-0.25, -0.2) is 4.98 Å². The molecule has 2 aromatic rings. The summed E-state index contributed by atoms with van der Waals surface area (Å²) in [6, 6.07) is 3.63. The number of carbonyl (C=O) groups excluding carboxylic acids is 1. The average Bonchev–Trinajstić information content (AvgIpc) is 3.16. The zero-order valence-electron chi connectivity index (χ0n) is 12.8. The number of carbonyl (C=O) groups is 1. The molecule has 1 aliphatic carbocycles. The Morgan fingerprint density at radius 2 is 2.26 bits per heavy atom. The molecule has 0 aromatic carbocycles. The molecule has 1 aliphatic heterocycles. The average molecular weight is 336 g/mol. The van der Waals surface area contributed by atoms with Crippen LogP contribution < -0.4 is 0 Å². The summed E-state index contributed by atoms with van der Waals surface area (Å²) in [5.74, 6) is -0.0557. The summed E-state index contributed by atoms with van der Waals surface area (Å²) in [7, 11) is 1.70. The number of ether oxygens (including phenoxy) is 2. The van der Waals surface area contributed by atoms with Crippen molar-refractivity contribution >= 4 is 23.2 Å². The molecule has 0 unspecified atom stereocenters. The number of nitrogens with zero attached hydrogens (tertiary/aromatic N) is 3. The monoisotopic (exact) mass is 335 g/mol. The van der Waals surface area contributed by atoms with Crippen molar-refractivity contribution < 1.29 is 14.3 Å². The van der Waals surface area contributed by atoms with Crippen LogP contribution in [0.2, 0.25) is 5.02 Å². The van der Waals surface area contributed by atoms with E-state index in [-0.39, 0.29) is 24.2 Å². The van der Waals surface area contributed by atoms with Gasteiger partial charge in [-0.15, -0.1) is 0 Å². The molecule has 6 nitrogen and oxygen atoms in total. The molecule has 2 aromatic heterocycles. The lowest BCUT2D eigenvalue weighted by Gasteiger charge is -2.38. The van der Waals surface area contributed by atoms with Gasteiger partial charge in [0.2, 0.25) is 0 Å². The minimum absolute atomic E-state index is 0.0378. The first-order valence-electron chi connectivity index (χ1n) is 7.77. The van der Waals surface area contributed by atoms with Gasteiger partial charge in [0.25, 0.3) is 5.91 Å². The maximum Gasteiger partial charge on any atom is 0.274 e. The van der Waals surface area contributed by atoms with Crippen molar-refractivity contribution in [3.05, 3.63) is 35.2 Å². The molecule has 7 heteroatoms. The number of halogens is 1. The second kappa shape index (κ2) is 5.78. The Labute approximate surface area is 138 Å². The molecule has 2 aliphatic rings. The Morgan fingerprint density at radius 3 is 3.09 bits per heavy atom. The van der Waals surface area contributed by atoms with E-state index < -0.39 is 0 Å². The van der Waals surface area contributed by atoms with Gasteiger partial charge in [-0.05, 0) is 25.0 Å². The molecule has 4 rings (SSSR count). The lowest BCUT2D eigenvalue weighted by Crippen LogP contribution is -2.53. The number of hydrogen-bond donors (Lipinski definition) is 0. The minimum atomic E-state index is -0.0557. The first-order chi connectivity index (χ1) is 11.2. The first-order valence-corrected chi connectivity index (χ1v) is 8.15. The standard InChI is InChI=1S/C16H18ClN3O3/c1-22-13-4-3-12-15(13)23-7-6-20(12)16(21)11-9-19-8-10(17)2-5-14(19)18-11/h2,5,8-9,12-13,15H,3-4,6-7H2,1H3/t12-,13-,15+/m1/s1. The normalized spacial score (nSPS) is 27.4. The highest BCUT2D eigenvalue weighted by Crippen LogP contribution is 2.32. The third-order valence-electron chi connectivity index (χ3n) is 4.73. The zero-order valence-corrected chi connectivity index (χ0v) is 13.6. The van der Waals surface area contributed by atoms with Gasteiger partial charge >= 0.3 is 0 Å². The molecule has 122 valence electrons. The maximum atomic E-state index is 12.9. The van der Waals surface area contributed by atoms with Crippen molar-refractivity contribution in [2.75, 3.05) is 20.3 Å². The molecular weight excluding hydrogens is 318 g/mol. The van der Waals surface area contributed by atoms with Crippen molar-refractivity contribution in [2.45, 2.75) is 31.1 Å². The van der Waals surface area contributed by atoms with Gasteiger partial charge in [-0.1, -0.05) is 11.6 Å². The van der Waals surface area contributed by atoms with Crippen LogP contribution in [0.4, 0.5) is 0 Å². The molecule has 1 saturated carbocycles. The van der Waals surface area contributed by atoms with Gasteiger partial charge in [0.15, 0.2) is 0 Å². The van der Waals surface area contributed by atoms with Crippen LogP contribution in [0, 0.1) is 0 Å². The van der Waals surface area contributed by atoms with E-state index in [2.05, 4.69) is 4.98 Å². The summed E-state index contributed by atoms with van der Waals surface area (Å²) in [5.41, 5.74) is 1.15. The number of imidazole rings is 1. The van der Waals surface area contributed by atoms with Crippen molar-refractivity contribution in [1.82, 2.24) is 14.3 Å². The fourth-order valence-electron chi connectivity index (χ4n) is 3.63. The number of fused-ring (bicyclic) bond motifs is 2. The van der Waals surface area contributed by atoms with Gasteiger partial charge in [0.05, 0.1) is 23.8 Å². The largest absolute Gasteiger partial charge is 0.379 e. The number of rotatable bonds is 2. The SMILES string of the molecule is CO[C@@H]1CC[C@@H]2[C@@H]1OCCN2C(=O)c1cn2cc(Cl)ccc2n1. The zero-order chi connectivity index (χ0) is 16.0. The Hall–Kier alpha value is -1.63. The third kappa shape index (κ3) is 2.51. The molecule has 1 saturated heterocycles. The van der Waals surface area contributed by atoms with Gasteiger partial charge in [0.1, 0.15) is 17.4 Å². The summed E-state index contributed by atoms with van der Waals surface area (Å²) in [4.78, 5) is 19.2. The van der Waals surface area contributed by atoms with E-state index >= 15 is 0 Å². The van der Waals surface area contributed by atoms with Gasteiger partial charge in [-0.2, -0.15) is 0 Å². The minimum Gasteiger partial charge on any atom is -0.379 e. The summed E-state index contributed by atoms with van der Waals surface area (Å²) >= 11 is 5.99. The van der Waals surface area contributed by atoms with E-state index in [9.17, 15) is 4.79 Å². The van der Waals surface area contributed by atoms with Crippen LogP contribution in [0.15, 0.2) is 24.5 Å². The lowest BCUT2D eigenvalue weighted by molar-refractivity contribution is -0.0947. The van der Waals surface area contributed by atoms with Gasteiger partial charge in [-0.3, -0.25) is 4.79 Å². The van der Waals surface area contributed by atoms with Crippen LogP contribution in [-0.4, -0.2) is 58.7 Å². The highest BCUT2D eigenvalue weighted by molar-refractivity contribution is 6.30. The fraction of sp³-hybridized carbons (Fsp3) is 0.500. The summed E-state index contributed by atoms with van der Waals surface area (Å²) in [6.07, 6.45) is 5.32. The Bertz CT molecular complexity index is 747. The smallest absolute Gasteiger partial charge is 0.274 e. The quantitative estimate of drug-likeness (QED) is 0.842. The predicted octanol–water partition coefficient (Wildman–Crippen LogP) is 2.01. The Kier molecular flexibility index (Phi) is 3.75. The topological polar surface area (TPSA) is 56.1 Å². The number of amides is 1. The van der Waals surface area contributed by atoms with Crippen molar-refractivity contribution in [3.63, 3.8) is 0 Å². The Morgan fingerprint density at radius 1 is 1.39 bits per heavy atom.